The van der Waals surface area contributed by atoms with E-state index in [2.05, 4.69) is 52.2 Å². The number of hydrogen-bond donors (Lipinski definition) is 2. The Hall–Kier alpha value is -0.130. The molecule has 0 bridgehead atoms. The molecule has 0 radical (unpaired) electrons. The third-order valence-corrected chi connectivity index (χ3v) is 2.73. The average molecular weight is 290 g/mol. The van der Waals surface area contributed by atoms with Crippen LogP contribution in [0.1, 0.15) is 11.5 Å². The molecule has 1 rings (SSSR count). The van der Waals surface area contributed by atoms with E-state index in [4.69, 9.17) is 5.73 Å². The SMILES string of the molecule is CNCC(CN)c1cccc(I)c1. The lowest BCUT2D eigenvalue weighted by atomic mass is 9.99. The summed E-state index contributed by atoms with van der Waals surface area (Å²) in [6.07, 6.45) is 0. The van der Waals surface area contributed by atoms with Gasteiger partial charge in [-0.05, 0) is 47.3 Å². The van der Waals surface area contributed by atoms with E-state index in [0.29, 0.717) is 12.5 Å². The molecule has 0 fully saturated rings. The summed E-state index contributed by atoms with van der Waals surface area (Å²) in [5.41, 5.74) is 7.02. The molecule has 0 spiro atoms. The predicted octanol–water partition coefficient (Wildman–Crippen LogP) is 1.55. The summed E-state index contributed by atoms with van der Waals surface area (Å²) in [5, 5.41) is 3.15. The van der Waals surface area contributed by atoms with Gasteiger partial charge in [0.1, 0.15) is 0 Å². The van der Waals surface area contributed by atoms with Crippen molar-refractivity contribution >= 4 is 22.6 Å². The van der Waals surface area contributed by atoms with Crippen LogP contribution in [0.25, 0.3) is 0 Å². The highest BCUT2D eigenvalue weighted by molar-refractivity contribution is 14.1. The minimum atomic E-state index is 0.430. The highest BCUT2D eigenvalue weighted by Crippen LogP contribution is 2.16. The van der Waals surface area contributed by atoms with Gasteiger partial charge in [0.2, 0.25) is 0 Å². The second-order valence-corrected chi connectivity index (χ2v) is 4.29. The molecule has 0 aliphatic rings. The van der Waals surface area contributed by atoms with Gasteiger partial charge < -0.3 is 11.1 Å². The highest BCUT2D eigenvalue weighted by Gasteiger charge is 2.07. The van der Waals surface area contributed by atoms with Crippen LogP contribution in [0.15, 0.2) is 24.3 Å². The topological polar surface area (TPSA) is 38.0 Å². The van der Waals surface area contributed by atoms with E-state index in [1.165, 1.54) is 9.13 Å². The first kappa shape index (κ1) is 10.9. The summed E-state index contributed by atoms with van der Waals surface area (Å²) >= 11 is 2.32. The molecule has 0 heterocycles. The summed E-state index contributed by atoms with van der Waals surface area (Å²) in [5.74, 6) is 0.430. The molecule has 0 aliphatic carbocycles. The van der Waals surface area contributed by atoms with Crippen LogP contribution in [0.3, 0.4) is 0 Å². The first-order valence-electron chi connectivity index (χ1n) is 4.38. The first-order valence-corrected chi connectivity index (χ1v) is 5.46. The largest absolute Gasteiger partial charge is 0.330 e. The maximum atomic E-state index is 5.70. The number of benzene rings is 1. The van der Waals surface area contributed by atoms with Crippen LogP contribution >= 0.6 is 22.6 Å². The number of nitrogens with two attached hydrogens (primary N) is 1. The van der Waals surface area contributed by atoms with Crippen LogP contribution in [-0.2, 0) is 0 Å². The maximum Gasteiger partial charge on any atom is 0.0133 e. The fourth-order valence-electron chi connectivity index (χ4n) is 1.34. The minimum Gasteiger partial charge on any atom is -0.330 e. The fourth-order valence-corrected chi connectivity index (χ4v) is 1.91. The van der Waals surface area contributed by atoms with E-state index >= 15 is 0 Å². The third kappa shape index (κ3) is 3.25. The van der Waals surface area contributed by atoms with Crippen LogP contribution in [-0.4, -0.2) is 20.1 Å². The number of rotatable bonds is 4. The van der Waals surface area contributed by atoms with E-state index in [1.54, 1.807) is 0 Å². The Balaban J connectivity index is 2.78. The van der Waals surface area contributed by atoms with Gasteiger partial charge in [-0.3, -0.25) is 0 Å². The molecule has 0 saturated heterocycles. The third-order valence-electron chi connectivity index (χ3n) is 2.06. The van der Waals surface area contributed by atoms with Gasteiger partial charge in [0.25, 0.3) is 0 Å². The van der Waals surface area contributed by atoms with E-state index < -0.39 is 0 Å². The first-order chi connectivity index (χ1) is 6.27. The van der Waals surface area contributed by atoms with Gasteiger partial charge in [-0.25, -0.2) is 0 Å². The molecule has 0 saturated carbocycles. The van der Waals surface area contributed by atoms with E-state index in [-0.39, 0.29) is 0 Å². The number of halogens is 1. The number of nitrogens with one attached hydrogen (secondary N) is 1. The fraction of sp³-hybridized carbons (Fsp3) is 0.400. The average Bonchev–Trinajstić information content (AvgIpc) is 2.14. The van der Waals surface area contributed by atoms with Gasteiger partial charge in [0.05, 0.1) is 0 Å². The second-order valence-electron chi connectivity index (χ2n) is 3.05. The van der Waals surface area contributed by atoms with Gasteiger partial charge in [-0.1, -0.05) is 12.1 Å². The normalized spacial score (nSPS) is 12.8. The number of hydrogen-bond acceptors (Lipinski definition) is 2. The predicted molar refractivity (Wildman–Crippen MR) is 64.9 cm³/mol. The Morgan fingerprint density at radius 2 is 2.31 bits per heavy atom. The number of likely N-dealkylation sites (N-methyl/N-ethyl adjacent to an activating group) is 1. The molecule has 3 heteroatoms. The molecule has 1 aromatic rings. The Morgan fingerprint density at radius 3 is 2.85 bits per heavy atom. The van der Waals surface area contributed by atoms with Crippen molar-refractivity contribution in [3.8, 4) is 0 Å². The summed E-state index contributed by atoms with van der Waals surface area (Å²) in [4.78, 5) is 0. The molecule has 0 amide bonds. The van der Waals surface area contributed by atoms with E-state index in [9.17, 15) is 0 Å². The molecular weight excluding hydrogens is 275 g/mol. The molecule has 72 valence electrons. The van der Waals surface area contributed by atoms with Crippen LogP contribution < -0.4 is 11.1 Å². The van der Waals surface area contributed by atoms with E-state index in [0.717, 1.165) is 6.54 Å². The second kappa shape index (κ2) is 5.57. The Kier molecular flexibility index (Phi) is 4.69. The molecule has 0 aliphatic heterocycles. The molecule has 1 aromatic carbocycles. The zero-order chi connectivity index (χ0) is 9.68. The van der Waals surface area contributed by atoms with Crippen LogP contribution in [0, 0.1) is 3.57 Å². The van der Waals surface area contributed by atoms with Crippen molar-refractivity contribution in [2.75, 3.05) is 20.1 Å². The molecule has 2 nitrogen and oxygen atoms in total. The Morgan fingerprint density at radius 1 is 1.54 bits per heavy atom. The van der Waals surface area contributed by atoms with Gasteiger partial charge in [0.15, 0.2) is 0 Å². The maximum absolute atomic E-state index is 5.70. The molecule has 3 N–H and O–H groups in total. The lowest BCUT2D eigenvalue weighted by Gasteiger charge is -2.14. The van der Waals surface area contributed by atoms with E-state index in [1.807, 2.05) is 7.05 Å². The van der Waals surface area contributed by atoms with Gasteiger partial charge in [-0.2, -0.15) is 0 Å². The molecule has 13 heavy (non-hydrogen) atoms. The van der Waals surface area contributed by atoms with Crippen molar-refractivity contribution in [2.24, 2.45) is 5.73 Å². The van der Waals surface area contributed by atoms with Gasteiger partial charge in [-0.15, -0.1) is 0 Å². The standard InChI is InChI=1S/C10H15IN2/c1-13-7-9(6-12)8-3-2-4-10(11)5-8/h2-5,9,13H,6-7,12H2,1H3. The zero-order valence-electron chi connectivity index (χ0n) is 7.76. The monoisotopic (exact) mass is 290 g/mol. The summed E-state index contributed by atoms with van der Waals surface area (Å²) in [6, 6.07) is 8.50. The molecule has 1 unspecified atom stereocenters. The summed E-state index contributed by atoms with van der Waals surface area (Å²) in [6.45, 7) is 1.64. The van der Waals surface area contributed by atoms with Crippen molar-refractivity contribution in [2.45, 2.75) is 5.92 Å². The van der Waals surface area contributed by atoms with Crippen LogP contribution in [0.2, 0.25) is 0 Å². The van der Waals surface area contributed by atoms with Gasteiger partial charge in [0, 0.05) is 22.6 Å². The lowest BCUT2D eigenvalue weighted by molar-refractivity contribution is 0.637. The van der Waals surface area contributed by atoms with Crippen LogP contribution in [0.4, 0.5) is 0 Å². The lowest BCUT2D eigenvalue weighted by Crippen LogP contribution is -2.23. The minimum absolute atomic E-state index is 0.430. The molecule has 1 atom stereocenters. The summed E-state index contributed by atoms with van der Waals surface area (Å²) in [7, 11) is 1.95. The smallest absolute Gasteiger partial charge is 0.0133 e. The molecule has 0 aromatic heterocycles. The zero-order valence-corrected chi connectivity index (χ0v) is 9.91. The summed E-state index contributed by atoms with van der Waals surface area (Å²) < 4.78 is 1.27. The Bertz CT molecular complexity index is 263. The molecular formula is C10H15IN2. The van der Waals surface area contributed by atoms with Crippen molar-refractivity contribution in [3.05, 3.63) is 33.4 Å². The van der Waals surface area contributed by atoms with Crippen molar-refractivity contribution in [1.29, 1.82) is 0 Å². The van der Waals surface area contributed by atoms with Gasteiger partial charge >= 0.3 is 0 Å². The van der Waals surface area contributed by atoms with Crippen molar-refractivity contribution < 1.29 is 0 Å². The highest BCUT2D eigenvalue weighted by atomic mass is 127. The van der Waals surface area contributed by atoms with Crippen LogP contribution in [0.5, 0.6) is 0 Å². The Labute approximate surface area is 93.0 Å². The van der Waals surface area contributed by atoms with Crippen molar-refractivity contribution in [3.63, 3.8) is 0 Å². The quantitative estimate of drug-likeness (QED) is 0.826. The van der Waals surface area contributed by atoms with Crippen molar-refractivity contribution in [1.82, 2.24) is 5.32 Å².